The number of aliphatic hydroxyl groups excluding tert-OH is 1. The standard InChI is InChI=1S/C8H11NO3SSe/c9-13(11,12)7-1-3-8(4-2-7)14-6-5-10/h1-4,10H,5-6H2,(H2,9,11,12). The first kappa shape index (κ1) is 11.7. The normalized spacial score (nSPS) is 11.6. The van der Waals surface area contributed by atoms with Crippen molar-refractivity contribution in [3.8, 4) is 0 Å². The van der Waals surface area contributed by atoms with Crippen molar-refractivity contribution >= 4 is 29.4 Å². The molecular weight excluding hydrogens is 269 g/mol. The summed E-state index contributed by atoms with van der Waals surface area (Å²) in [5.74, 6) is 0. The van der Waals surface area contributed by atoms with Crippen LogP contribution in [-0.2, 0) is 10.0 Å². The van der Waals surface area contributed by atoms with Gasteiger partial charge in [0.25, 0.3) is 0 Å². The van der Waals surface area contributed by atoms with E-state index in [1.807, 2.05) is 0 Å². The van der Waals surface area contributed by atoms with Crippen molar-refractivity contribution in [2.75, 3.05) is 6.61 Å². The van der Waals surface area contributed by atoms with Gasteiger partial charge in [-0.2, -0.15) is 0 Å². The first-order chi connectivity index (χ1) is 6.54. The van der Waals surface area contributed by atoms with Crippen molar-refractivity contribution in [1.82, 2.24) is 0 Å². The molecule has 0 aromatic heterocycles. The molecular formula is C8H11NO3SSe. The third-order valence-corrected chi connectivity index (χ3v) is 4.52. The van der Waals surface area contributed by atoms with E-state index in [4.69, 9.17) is 10.2 Å². The predicted molar refractivity (Wildman–Crippen MR) is 55.1 cm³/mol. The Kier molecular flexibility index (Phi) is 4.10. The maximum atomic E-state index is 10.9. The molecule has 0 bridgehead atoms. The van der Waals surface area contributed by atoms with Crippen molar-refractivity contribution in [2.45, 2.75) is 10.2 Å². The van der Waals surface area contributed by atoms with E-state index in [-0.39, 0.29) is 26.5 Å². The molecule has 3 N–H and O–H groups in total. The molecule has 0 saturated heterocycles. The van der Waals surface area contributed by atoms with E-state index in [1.54, 1.807) is 12.1 Å². The Morgan fingerprint density at radius 2 is 1.86 bits per heavy atom. The van der Waals surface area contributed by atoms with Gasteiger partial charge in [0.2, 0.25) is 0 Å². The van der Waals surface area contributed by atoms with Crippen LogP contribution in [0.3, 0.4) is 0 Å². The zero-order valence-electron chi connectivity index (χ0n) is 7.38. The molecule has 0 spiro atoms. The van der Waals surface area contributed by atoms with Gasteiger partial charge in [0.1, 0.15) is 0 Å². The van der Waals surface area contributed by atoms with Crippen LogP contribution in [0.2, 0.25) is 5.32 Å². The maximum absolute atomic E-state index is 10.9. The van der Waals surface area contributed by atoms with Gasteiger partial charge in [-0.25, -0.2) is 0 Å². The Morgan fingerprint density at radius 1 is 1.29 bits per heavy atom. The molecule has 0 heterocycles. The second-order valence-electron chi connectivity index (χ2n) is 2.59. The molecule has 0 radical (unpaired) electrons. The summed E-state index contributed by atoms with van der Waals surface area (Å²) >= 11 is 0.200. The zero-order chi connectivity index (χ0) is 10.6. The summed E-state index contributed by atoms with van der Waals surface area (Å²) in [6.07, 6.45) is 0. The number of nitrogens with two attached hydrogens (primary N) is 1. The van der Waals surface area contributed by atoms with Gasteiger partial charge in [0.15, 0.2) is 0 Å². The van der Waals surface area contributed by atoms with Crippen LogP contribution >= 0.6 is 0 Å². The van der Waals surface area contributed by atoms with Crippen molar-refractivity contribution in [3.05, 3.63) is 24.3 Å². The molecule has 0 fully saturated rings. The average molecular weight is 280 g/mol. The SMILES string of the molecule is NS(=O)(=O)c1ccc([Se]CCO)cc1. The summed E-state index contributed by atoms with van der Waals surface area (Å²) in [5, 5.41) is 14.3. The third-order valence-electron chi connectivity index (χ3n) is 1.51. The number of aliphatic hydroxyl groups is 1. The summed E-state index contributed by atoms with van der Waals surface area (Å²) in [6, 6.07) is 6.44. The van der Waals surface area contributed by atoms with Gasteiger partial charge in [-0.15, -0.1) is 0 Å². The molecule has 0 aliphatic rings. The van der Waals surface area contributed by atoms with Crippen LogP contribution in [0.4, 0.5) is 0 Å². The molecule has 4 nitrogen and oxygen atoms in total. The fourth-order valence-electron chi connectivity index (χ4n) is 0.889. The van der Waals surface area contributed by atoms with E-state index < -0.39 is 10.0 Å². The summed E-state index contributed by atoms with van der Waals surface area (Å²) in [4.78, 5) is 0.126. The summed E-state index contributed by atoms with van der Waals surface area (Å²) < 4.78 is 22.9. The Morgan fingerprint density at radius 3 is 2.29 bits per heavy atom. The fourth-order valence-corrected chi connectivity index (χ4v) is 2.78. The van der Waals surface area contributed by atoms with Crippen molar-refractivity contribution in [2.24, 2.45) is 5.14 Å². The van der Waals surface area contributed by atoms with E-state index in [9.17, 15) is 8.42 Å². The predicted octanol–water partition coefficient (Wildman–Crippen LogP) is -0.926. The summed E-state index contributed by atoms with van der Waals surface area (Å²) in [6.45, 7) is 0.164. The second-order valence-corrected chi connectivity index (χ2v) is 6.60. The van der Waals surface area contributed by atoms with Crippen LogP contribution in [0.15, 0.2) is 29.2 Å². The van der Waals surface area contributed by atoms with Gasteiger partial charge in [0, 0.05) is 0 Å². The van der Waals surface area contributed by atoms with Gasteiger partial charge in [-0.1, -0.05) is 0 Å². The Labute approximate surface area is 89.3 Å². The van der Waals surface area contributed by atoms with E-state index in [1.165, 1.54) is 12.1 Å². The number of benzene rings is 1. The Bertz CT molecular complexity index is 388. The van der Waals surface area contributed by atoms with Gasteiger partial charge < -0.3 is 0 Å². The average Bonchev–Trinajstić information content (AvgIpc) is 2.14. The van der Waals surface area contributed by atoms with Gasteiger partial charge in [0.05, 0.1) is 0 Å². The number of rotatable bonds is 4. The Balaban J connectivity index is 2.79. The van der Waals surface area contributed by atoms with Crippen LogP contribution in [0, 0.1) is 0 Å². The minimum atomic E-state index is -3.58. The molecule has 1 rings (SSSR count). The number of primary sulfonamides is 1. The number of hydrogen-bond donors (Lipinski definition) is 2. The number of sulfonamides is 1. The summed E-state index contributed by atoms with van der Waals surface area (Å²) in [5.41, 5.74) is 0. The molecule has 0 amide bonds. The molecule has 14 heavy (non-hydrogen) atoms. The van der Waals surface area contributed by atoms with E-state index in [0.29, 0.717) is 0 Å². The van der Waals surface area contributed by atoms with E-state index >= 15 is 0 Å². The van der Waals surface area contributed by atoms with Crippen LogP contribution in [0.25, 0.3) is 0 Å². The first-order valence-electron chi connectivity index (χ1n) is 3.90. The minimum absolute atomic E-state index is 0.126. The fraction of sp³-hybridized carbons (Fsp3) is 0.250. The molecule has 0 unspecified atom stereocenters. The molecule has 1 aromatic carbocycles. The molecule has 0 aliphatic carbocycles. The molecule has 6 heteroatoms. The van der Waals surface area contributed by atoms with Crippen molar-refractivity contribution in [1.29, 1.82) is 0 Å². The van der Waals surface area contributed by atoms with Crippen LogP contribution in [0.5, 0.6) is 0 Å². The van der Waals surface area contributed by atoms with E-state index in [2.05, 4.69) is 0 Å². The first-order valence-corrected chi connectivity index (χ1v) is 7.52. The van der Waals surface area contributed by atoms with E-state index in [0.717, 1.165) is 9.78 Å². The van der Waals surface area contributed by atoms with Crippen LogP contribution in [-0.4, -0.2) is 35.1 Å². The number of hydrogen-bond acceptors (Lipinski definition) is 3. The van der Waals surface area contributed by atoms with Crippen LogP contribution < -0.4 is 9.60 Å². The van der Waals surface area contributed by atoms with Crippen LogP contribution in [0.1, 0.15) is 0 Å². The monoisotopic (exact) mass is 281 g/mol. The Hall–Kier alpha value is -0.391. The molecule has 1 aromatic rings. The topological polar surface area (TPSA) is 80.4 Å². The quantitative estimate of drug-likeness (QED) is 0.700. The van der Waals surface area contributed by atoms with Crippen molar-refractivity contribution in [3.63, 3.8) is 0 Å². The molecule has 0 atom stereocenters. The second kappa shape index (κ2) is 4.91. The van der Waals surface area contributed by atoms with Crippen molar-refractivity contribution < 1.29 is 13.5 Å². The van der Waals surface area contributed by atoms with Gasteiger partial charge in [-0.3, -0.25) is 0 Å². The van der Waals surface area contributed by atoms with Gasteiger partial charge in [-0.05, 0) is 0 Å². The molecule has 78 valence electrons. The third kappa shape index (κ3) is 3.40. The zero-order valence-corrected chi connectivity index (χ0v) is 9.91. The molecule has 0 aliphatic heterocycles. The molecule has 0 saturated carbocycles. The summed E-state index contributed by atoms with van der Waals surface area (Å²) in [7, 11) is -3.58. The van der Waals surface area contributed by atoms with Gasteiger partial charge >= 0.3 is 89.2 Å².